The molecule has 1 saturated heterocycles. The molecule has 0 radical (unpaired) electrons. The minimum Gasteiger partial charge on any atom is -0.213 e. The summed E-state index contributed by atoms with van der Waals surface area (Å²) >= 11 is 1.82. The highest BCUT2D eigenvalue weighted by atomic mass is 32.2. The van der Waals surface area contributed by atoms with Crippen molar-refractivity contribution in [3.63, 3.8) is 0 Å². The van der Waals surface area contributed by atoms with Crippen LogP contribution in [-0.4, -0.2) is 31.2 Å². The van der Waals surface area contributed by atoms with E-state index in [0.717, 1.165) is 12.2 Å². The van der Waals surface area contributed by atoms with Crippen LogP contribution in [-0.2, 0) is 10.0 Å². The van der Waals surface area contributed by atoms with Crippen LogP contribution in [0.4, 0.5) is 0 Å². The highest BCUT2D eigenvalue weighted by Gasteiger charge is 2.24. The van der Waals surface area contributed by atoms with E-state index in [2.05, 4.69) is 4.72 Å². The standard InChI is InChI=1S/C10H18N2O2S2/c1-2-10(7-11)16(13,14)12-8-9-5-3-4-6-15-9/h9-10,12H,2-6,8H2,1H3. The van der Waals surface area contributed by atoms with Gasteiger partial charge in [-0.2, -0.15) is 17.0 Å². The number of nitrogens with zero attached hydrogens (tertiary/aromatic N) is 1. The molecule has 6 heteroatoms. The maximum Gasteiger partial charge on any atom is 0.227 e. The Balaban J connectivity index is 2.44. The maximum atomic E-state index is 11.7. The van der Waals surface area contributed by atoms with Crippen molar-refractivity contribution in [3.05, 3.63) is 0 Å². The molecule has 0 bridgehead atoms. The zero-order valence-corrected chi connectivity index (χ0v) is 11.1. The smallest absolute Gasteiger partial charge is 0.213 e. The Morgan fingerprint density at radius 2 is 2.31 bits per heavy atom. The van der Waals surface area contributed by atoms with Gasteiger partial charge in [-0.15, -0.1) is 0 Å². The van der Waals surface area contributed by atoms with E-state index >= 15 is 0 Å². The lowest BCUT2D eigenvalue weighted by Gasteiger charge is -2.21. The van der Waals surface area contributed by atoms with Gasteiger partial charge >= 0.3 is 0 Å². The summed E-state index contributed by atoms with van der Waals surface area (Å²) in [6.07, 6.45) is 3.80. The Morgan fingerprint density at radius 1 is 1.56 bits per heavy atom. The van der Waals surface area contributed by atoms with Crippen LogP contribution in [0.1, 0.15) is 32.6 Å². The molecule has 0 aromatic carbocycles. The predicted molar refractivity (Wildman–Crippen MR) is 66.7 cm³/mol. The molecule has 1 aliphatic heterocycles. The average molecular weight is 262 g/mol. The van der Waals surface area contributed by atoms with E-state index in [0.29, 0.717) is 18.2 Å². The van der Waals surface area contributed by atoms with Crippen molar-refractivity contribution in [2.24, 2.45) is 0 Å². The first-order valence-electron chi connectivity index (χ1n) is 5.60. The first-order valence-corrected chi connectivity index (χ1v) is 8.19. The molecule has 2 unspecified atom stereocenters. The van der Waals surface area contributed by atoms with Crippen LogP contribution in [0.5, 0.6) is 0 Å². The molecule has 16 heavy (non-hydrogen) atoms. The third-order valence-corrected chi connectivity index (χ3v) is 5.83. The summed E-state index contributed by atoms with van der Waals surface area (Å²) in [7, 11) is -3.45. The van der Waals surface area contributed by atoms with Crippen molar-refractivity contribution < 1.29 is 8.42 Å². The first-order chi connectivity index (χ1) is 7.60. The molecule has 0 aromatic heterocycles. The molecule has 0 spiro atoms. The lowest BCUT2D eigenvalue weighted by Crippen LogP contribution is -2.37. The summed E-state index contributed by atoms with van der Waals surface area (Å²) in [5.41, 5.74) is 0. The SMILES string of the molecule is CCC(C#N)S(=O)(=O)NCC1CCCCS1. The number of hydrogen-bond acceptors (Lipinski definition) is 4. The van der Waals surface area contributed by atoms with Crippen molar-refractivity contribution in [3.8, 4) is 6.07 Å². The van der Waals surface area contributed by atoms with Crippen molar-refractivity contribution in [1.29, 1.82) is 5.26 Å². The molecule has 0 aromatic rings. The molecule has 92 valence electrons. The summed E-state index contributed by atoms with van der Waals surface area (Å²) in [4.78, 5) is 0. The second kappa shape index (κ2) is 6.48. The van der Waals surface area contributed by atoms with Crippen LogP contribution in [0.3, 0.4) is 0 Å². The molecule has 1 aliphatic rings. The van der Waals surface area contributed by atoms with Gasteiger partial charge in [0.05, 0.1) is 6.07 Å². The second-order valence-corrected chi connectivity index (χ2v) is 7.26. The molecule has 1 rings (SSSR count). The third kappa shape index (κ3) is 3.96. The van der Waals surface area contributed by atoms with Gasteiger partial charge in [0.25, 0.3) is 0 Å². The molecule has 4 nitrogen and oxygen atoms in total. The van der Waals surface area contributed by atoms with Gasteiger partial charge in [-0.25, -0.2) is 13.1 Å². The molecular formula is C10H18N2O2S2. The van der Waals surface area contributed by atoms with E-state index in [-0.39, 0.29) is 0 Å². The quantitative estimate of drug-likeness (QED) is 0.815. The van der Waals surface area contributed by atoms with Gasteiger partial charge in [-0.1, -0.05) is 13.3 Å². The minimum absolute atomic E-state index is 0.337. The van der Waals surface area contributed by atoms with Crippen molar-refractivity contribution in [1.82, 2.24) is 4.72 Å². The molecule has 0 aliphatic carbocycles. The normalized spacial score (nSPS) is 23.6. The second-order valence-electron chi connectivity index (χ2n) is 3.91. The van der Waals surface area contributed by atoms with Gasteiger partial charge in [-0.05, 0) is 25.0 Å². The van der Waals surface area contributed by atoms with E-state index < -0.39 is 15.3 Å². The fraction of sp³-hybridized carbons (Fsp3) is 0.900. The molecular weight excluding hydrogens is 244 g/mol. The van der Waals surface area contributed by atoms with Crippen molar-refractivity contribution >= 4 is 21.8 Å². The molecule has 1 N–H and O–H groups in total. The Kier molecular flexibility index (Phi) is 5.59. The Labute approximate surface area is 102 Å². The fourth-order valence-electron chi connectivity index (χ4n) is 1.66. The zero-order valence-electron chi connectivity index (χ0n) is 9.48. The number of nitriles is 1. The predicted octanol–water partition coefficient (Wildman–Crippen LogP) is 1.49. The Bertz CT molecular complexity index is 342. The molecule has 0 amide bonds. The summed E-state index contributed by atoms with van der Waals surface area (Å²) in [6, 6.07) is 1.82. The summed E-state index contributed by atoms with van der Waals surface area (Å²) in [5, 5.41) is 8.18. The Morgan fingerprint density at radius 3 is 2.81 bits per heavy atom. The molecule has 0 saturated carbocycles. The lowest BCUT2D eigenvalue weighted by molar-refractivity contribution is 0.565. The van der Waals surface area contributed by atoms with Gasteiger partial charge in [-0.3, -0.25) is 0 Å². The number of rotatable bonds is 5. The molecule has 1 fully saturated rings. The zero-order chi connectivity index (χ0) is 12.0. The van der Waals surface area contributed by atoms with Crippen LogP contribution in [0.15, 0.2) is 0 Å². The number of sulfonamides is 1. The maximum absolute atomic E-state index is 11.7. The van der Waals surface area contributed by atoms with Crippen LogP contribution in [0, 0.1) is 11.3 Å². The monoisotopic (exact) mass is 262 g/mol. The van der Waals surface area contributed by atoms with Crippen LogP contribution < -0.4 is 4.72 Å². The minimum atomic E-state index is -3.45. The van der Waals surface area contributed by atoms with Gasteiger partial charge in [0.2, 0.25) is 10.0 Å². The van der Waals surface area contributed by atoms with Crippen molar-refractivity contribution in [2.75, 3.05) is 12.3 Å². The van der Waals surface area contributed by atoms with Gasteiger partial charge in [0.15, 0.2) is 5.25 Å². The van der Waals surface area contributed by atoms with Crippen LogP contribution in [0.2, 0.25) is 0 Å². The van der Waals surface area contributed by atoms with E-state index in [1.54, 1.807) is 6.92 Å². The fourth-order valence-corrected chi connectivity index (χ4v) is 4.21. The first kappa shape index (κ1) is 13.8. The lowest BCUT2D eigenvalue weighted by atomic mass is 10.2. The van der Waals surface area contributed by atoms with Gasteiger partial charge in [0, 0.05) is 11.8 Å². The number of nitrogens with one attached hydrogen (secondary N) is 1. The van der Waals surface area contributed by atoms with Crippen LogP contribution >= 0.6 is 11.8 Å². The van der Waals surface area contributed by atoms with Gasteiger partial charge < -0.3 is 0 Å². The highest BCUT2D eigenvalue weighted by molar-refractivity contribution is 8.00. The molecule has 1 heterocycles. The van der Waals surface area contributed by atoms with Crippen molar-refractivity contribution in [2.45, 2.75) is 43.1 Å². The average Bonchev–Trinajstić information content (AvgIpc) is 2.29. The van der Waals surface area contributed by atoms with E-state index in [1.807, 2.05) is 17.8 Å². The van der Waals surface area contributed by atoms with E-state index in [9.17, 15) is 8.42 Å². The van der Waals surface area contributed by atoms with Gasteiger partial charge in [0.1, 0.15) is 0 Å². The summed E-state index contributed by atoms with van der Waals surface area (Å²) < 4.78 is 25.9. The highest BCUT2D eigenvalue weighted by Crippen LogP contribution is 2.24. The largest absolute Gasteiger partial charge is 0.227 e. The summed E-state index contributed by atoms with van der Waals surface area (Å²) in [5.74, 6) is 1.11. The summed E-state index contributed by atoms with van der Waals surface area (Å²) in [6.45, 7) is 2.17. The van der Waals surface area contributed by atoms with E-state index in [4.69, 9.17) is 5.26 Å². The number of hydrogen-bond donors (Lipinski definition) is 1. The topological polar surface area (TPSA) is 70.0 Å². The number of thioether (sulfide) groups is 1. The van der Waals surface area contributed by atoms with E-state index in [1.165, 1.54) is 12.8 Å². The van der Waals surface area contributed by atoms with Crippen LogP contribution in [0.25, 0.3) is 0 Å². The molecule has 2 atom stereocenters. The third-order valence-electron chi connectivity index (χ3n) is 2.68. The Hall–Kier alpha value is -0.250.